The number of amides is 1. The Bertz CT molecular complexity index is 544. The third kappa shape index (κ3) is 4.68. The summed E-state index contributed by atoms with van der Waals surface area (Å²) >= 11 is 0. The summed E-state index contributed by atoms with van der Waals surface area (Å²) in [6.07, 6.45) is 8.19. The maximum atomic E-state index is 12.3. The molecule has 23 heavy (non-hydrogen) atoms. The highest BCUT2D eigenvalue weighted by molar-refractivity contribution is 5.77. The summed E-state index contributed by atoms with van der Waals surface area (Å²) in [4.78, 5) is 13.6. The van der Waals surface area contributed by atoms with Crippen molar-refractivity contribution in [1.82, 2.24) is 5.32 Å². The molecule has 0 spiro atoms. The summed E-state index contributed by atoms with van der Waals surface area (Å²) in [5.74, 6) is 1.06. The van der Waals surface area contributed by atoms with Gasteiger partial charge in [-0.15, -0.1) is 0 Å². The molecule has 124 valence electrons. The topological polar surface area (TPSA) is 33.5 Å². The molecule has 1 aromatic carbocycles. The molecule has 0 aromatic heterocycles. The molecule has 3 rings (SSSR count). The molecular weight excluding hydrogens is 284 g/mol. The van der Waals surface area contributed by atoms with Crippen LogP contribution in [-0.4, -0.2) is 31.6 Å². The molecule has 0 radical (unpaired) electrons. The quantitative estimate of drug-likeness (QED) is 0.876. The van der Waals surface area contributed by atoms with E-state index in [1.54, 1.807) is 0 Å². The van der Waals surface area contributed by atoms with E-state index in [1.165, 1.54) is 28.9 Å². The van der Waals surface area contributed by atoms with Crippen LogP contribution >= 0.6 is 0 Å². The minimum atomic E-state index is 0.233. The lowest BCUT2D eigenvalue weighted by molar-refractivity contribution is -0.886. The van der Waals surface area contributed by atoms with Gasteiger partial charge in [0.1, 0.15) is 0 Å². The van der Waals surface area contributed by atoms with Gasteiger partial charge in [-0.25, -0.2) is 0 Å². The van der Waals surface area contributed by atoms with E-state index in [1.807, 2.05) is 0 Å². The molecule has 1 fully saturated rings. The Morgan fingerprint density at radius 2 is 1.91 bits per heavy atom. The van der Waals surface area contributed by atoms with E-state index in [0.717, 1.165) is 38.3 Å². The standard InChI is InChI=1S/C20H28N2O/c1-16-7-9-19(10-8-16)21-20(23)15-22-13-11-18(12-14-22)17-5-3-2-4-6-17/h2-6,11,16,19H,7-10,12-15H2,1H3,(H,21,23)/p+1. The summed E-state index contributed by atoms with van der Waals surface area (Å²) < 4.78 is 0. The van der Waals surface area contributed by atoms with E-state index in [2.05, 4.69) is 48.6 Å². The maximum absolute atomic E-state index is 12.3. The van der Waals surface area contributed by atoms with Crippen LogP contribution in [0.15, 0.2) is 36.4 Å². The zero-order chi connectivity index (χ0) is 16.1. The van der Waals surface area contributed by atoms with Gasteiger partial charge in [-0.05, 0) is 48.8 Å². The molecule has 0 saturated heterocycles. The summed E-state index contributed by atoms with van der Waals surface area (Å²) in [5, 5.41) is 3.25. The van der Waals surface area contributed by atoms with Gasteiger partial charge < -0.3 is 10.2 Å². The van der Waals surface area contributed by atoms with Crippen LogP contribution in [0.2, 0.25) is 0 Å². The van der Waals surface area contributed by atoms with Crippen LogP contribution < -0.4 is 10.2 Å². The van der Waals surface area contributed by atoms with Gasteiger partial charge in [-0.1, -0.05) is 37.3 Å². The highest BCUT2D eigenvalue weighted by Crippen LogP contribution is 2.23. The van der Waals surface area contributed by atoms with Gasteiger partial charge in [0, 0.05) is 12.5 Å². The number of nitrogens with one attached hydrogen (secondary N) is 2. The van der Waals surface area contributed by atoms with Gasteiger partial charge in [-0.2, -0.15) is 0 Å². The highest BCUT2D eigenvalue weighted by Gasteiger charge is 2.23. The molecule has 1 aromatic rings. The predicted octanol–water partition coefficient (Wildman–Crippen LogP) is 2.05. The average molecular weight is 313 g/mol. The molecule has 1 aliphatic carbocycles. The first-order valence-electron chi connectivity index (χ1n) is 9.08. The summed E-state index contributed by atoms with van der Waals surface area (Å²) in [6, 6.07) is 11.0. The number of benzene rings is 1. The zero-order valence-corrected chi connectivity index (χ0v) is 14.2. The van der Waals surface area contributed by atoms with Crippen molar-refractivity contribution < 1.29 is 9.69 Å². The Kier molecular flexibility index (Phi) is 5.50. The molecule has 2 aliphatic rings. The number of carbonyl (C=O) groups excluding carboxylic acids is 1. The van der Waals surface area contributed by atoms with E-state index in [-0.39, 0.29) is 5.91 Å². The van der Waals surface area contributed by atoms with Crippen molar-refractivity contribution in [3.05, 3.63) is 42.0 Å². The molecule has 1 atom stereocenters. The van der Waals surface area contributed by atoms with Gasteiger partial charge in [0.05, 0.1) is 13.1 Å². The number of hydrogen-bond donors (Lipinski definition) is 2. The molecule has 3 heteroatoms. The van der Waals surface area contributed by atoms with Crippen molar-refractivity contribution in [3.63, 3.8) is 0 Å². The first-order valence-corrected chi connectivity index (χ1v) is 9.08. The van der Waals surface area contributed by atoms with Crippen molar-refractivity contribution in [2.45, 2.75) is 45.1 Å². The van der Waals surface area contributed by atoms with Crippen LogP contribution in [0.5, 0.6) is 0 Å². The van der Waals surface area contributed by atoms with Crippen LogP contribution in [0, 0.1) is 5.92 Å². The molecule has 2 N–H and O–H groups in total. The van der Waals surface area contributed by atoms with Crippen LogP contribution in [0.3, 0.4) is 0 Å². The van der Waals surface area contributed by atoms with Crippen LogP contribution in [0.1, 0.15) is 44.6 Å². The van der Waals surface area contributed by atoms with Gasteiger partial charge in [0.15, 0.2) is 6.54 Å². The lowest BCUT2D eigenvalue weighted by atomic mass is 9.87. The second-order valence-electron chi connectivity index (χ2n) is 7.25. The van der Waals surface area contributed by atoms with E-state index in [4.69, 9.17) is 0 Å². The molecule has 1 amide bonds. The first kappa shape index (κ1) is 16.3. The number of hydrogen-bond acceptors (Lipinski definition) is 1. The molecule has 0 bridgehead atoms. The van der Waals surface area contributed by atoms with Crippen LogP contribution in [-0.2, 0) is 4.79 Å². The Labute approximate surface area is 139 Å². The monoisotopic (exact) mass is 313 g/mol. The van der Waals surface area contributed by atoms with Gasteiger partial charge in [0.2, 0.25) is 0 Å². The van der Waals surface area contributed by atoms with Crippen molar-refractivity contribution in [3.8, 4) is 0 Å². The number of carbonyl (C=O) groups is 1. The molecular formula is C20H29N2O+. The minimum absolute atomic E-state index is 0.233. The van der Waals surface area contributed by atoms with Crippen molar-refractivity contribution in [2.24, 2.45) is 5.92 Å². The summed E-state index contributed by atoms with van der Waals surface area (Å²) in [7, 11) is 0. The highest BCUT2D eigenvalue weighted by atomic mass is 16.2. The fourth-order valence-corrected chi connectivity index (χ4v) is 3.77. The fraction of sp³-hybridized carbons (Fsp3) is 0.550. The maximum Gasteiger partial charge on any atom is 0.275 e. The second kappa shape index (κ2) is 7.78. The van der Waals surface area contributed by atoms with E-state index in [9.17, 15) is 4.79 Å². The smallest absolute Gasteiger partial charge is 0.275 e. The lowest BCUT2D eigenvalue weighted by Gasteiger charge is -2.28. The van der Waals surface area contributed by atoms with Gasteiger partial charge >= 0.3 is 0 Å². The number of quaternary nitrogens is 1. The first-order chi connectivity index (χ1) is 11.2. The Morgan fingerprint density at radius 3 is 2.57 bits per heavy atom. The Hall–Kier alpha value is -1.61. The average Bonchev–Trinajstić information content (AvgIpc) is 2.58. The third-order valence-electron chi connectivity index (χ3n) is 5.32. The van der Waals surface area contributed by atoms with E-state index in [0.29, 0.717) is 12.6 Å². The molecule has 1 heterocycles. The minimum Gasteiger partial charge on any atom is -0.348 e. The predicted molar refractivity (Wildman–Crippen MR) is 94.2 cm³/mol. The van der Waals surface area contributed by atoms with Crippen molar-refractivity contribution in [2.75, 3.05) is 19.6 Å². The van der Waals surface area contributed by atoms with Gasteiger partial charge in [0.25, 0.3) is 5.91 Å². The molecule has 1 unspecified atom stereocenters. The normalized spacial score (nSPS) is 28.0. The molecule has 1 saturated carbocycles. The largest absolute Gasteiger partial charge is 0.348 e. The third-order valence-corrected chi connectivity index (χ3v) is 5.32. The zero-order valence-electron chi connectivity index (χ0n) is 14.2. The van der Waals surface area contributed by atoms with Crippen LogP contribution in [0.25, 0.3) is 5.57 Å². The van der Waals surface area contributed by atoms with Crippen molar-refractivity contribution >= 4 is 11.5 Å². The van der Waals surface area contributed by atoms with E-state index >= 15 is 0 Å². The summed E-state index contributed by atoms with van der Waals surface area (Å²) in [5.41, 5.74) is 2.75. The molecule has 3 nitrogen and oxygen atoms in total. The SMILES string of the molecule is CC1CCC(NC(=O)C[NH+]2CC=C(c3ccccc3)CC2)CC1. The lowest BCUT2D eigenvalue weighted by Crippen LogP contribution is -3.13. The Balaban J connectivity index is 1.45. The van der Waals surface area contributed by atoms with Crippen LogP contribution in [0.4, 0.5) is 0 Å². The number of rotatable bonds is 4. The molecule has 1 aliphatic heterocycles. The Morgan fingerprint density at radius 1 is 1.17 bits per heavy atom. The second-order valence-corrected chi connectivity index (χ2v) is 7.25. The summed E-state index contributed by atoms with van der Waals surface area (Å²) in [6.45, 7) is 4.94. The van der Waals surface area contributed by atoms with Crippen molar-refractivity contribution in [1.29, 1.82) is 0 Å². The van der Waals surface area contributed by atoms with Gasteiger partial charge in [-0.3, -0.25) is 4.79 Å². The van der Waals surface area contributed by atoms with E-state index < -0.39 is 0 Å². The fourth-order valence-electron chi connectivity index (χ4n) is 3.77.